The van der Waals surface area contributed by atoms with Gasteiger partial charge in [0.25, 0.3) is 0 Å². The van der Waals surface area contributed by atoms with Crippen LogP contribution in [0.1, 0.15) is 53.4 Å². The average molecular weight is 236 g/mol. The van der Waals surface area contributed by atoms with Crippen molar-refractivity contribution < 1.29 is 9.53 Å². The zero-order valence-electron chi connectivity index (χ0n) is 11.5. The van der Waals surface area contributed by atoms with Gasteiger partial charge < -0.3 is 4.74 Å². The summed E-state index contributed by atoms with van der Waals surface area (Å²) in [6, 6.07) is 0. The van der Waals surface area contributed by atoms with E-state index in [0.29, 0.717) is 5.76 Å². The van der Waals surface area contributed by atoms with Gasteiger partial charge in [0, 0.05) is 0 Å². The minimum absolute atomic E-state index is 0.0219. The summed E-state index contributed by atoms with van der Waals surface area (Å²) in [6.45, 7) is 7.85. The Bertz CT molecular complexity index is 318. The molecule has 0 atom stereocenters. The summed E-state index contributed by atoms with van der Waals surface area (Å²) in [4.78, 5) is 12.0. The second-order valence-corrected chi connectivity index (χ2v) is 4.95. The van der Waals surface area contributed by atoms with Gasteiger partial charge in [-0.25, -0.2) is 0 Å². The molecule has 0 aromatic carbocycles. The molecule has 0 saturated heterocycles. The SMILES string of the molecule is C/C=C(\C)C(=O)/C(=C\C)OC1CCC(C)CC1. The Labute approximate surface area is 105 Å². The standard InChI is InChI=1S/C15H24O2/c1-5-12(4)15(16)14(6-2)17-13-9-7-11(3)8-10-13/h5-6,11,13H,7-10H2,1-4H3/b12-5+,14-6+. The summed E-state index contributed by atoms with van der Waals surface area (Å²) in [5.74, 6) is 1.34. The number of ketones is 1. The monoisotopic (exact) mass is 236 g/mol. The fourth-order valence-electron chi connectivity index (χ4n) is 2.10. The van der Waals surface area contributed by atoms with Gasteiger partial charge in [-0.2, -0.15) is 0 Å². The van der Waals surface area contributed by atoms with Gasteiger partial charge >= 0.3 is 0 Å². The maximum atomic E-state index is 12.0. The van der Waals surface area contributed by atoms with Crippen molar-refractivity contribution >= 4 is 5.78 Å². The zero-order valence-corrected chi connectivity index (χ0v) is 11.5. The van der Waals surface area contributed by atoms with Crippen molar-refractivity contribution in [2.45, 2.75) is 59.5 Å². The van der Waals surface area contributed by atoms with Gasteiger partial charge in [-0.3, -0.25) is 4.79 Å². The number of rotatable bonds is 4. The molecule has 0 N–H and O–H groups in total. The summed E-state index contributed by atoms with van der Waals surface area (Å²) >= 11 is 0. The molecule has 1 saturated carbocycles. The van der Waals surface area contributed by atoms with Gasteiger partial charge in [-0.05, 0) is 64.0 Å². The number of hydrogen-bond donors (Lipinski definition) is 0. The van der Waals surface area contributed by atoms with E-state index in [4.69, 9.17) is 4.74 Å². The van der Waals surface area contributed by atoms with Crippen molar-refractivity contribution in [2.75, 3.05) is 0 Å². The molecule has 1 fully saturated rings. The van der Waals surface area contributed by atoms with Crippen LogP contribution in [0.15, 0.2) is 23.5 Å². The minimum Gasteiger partial charge on any atom is -0.487 e. The molecule has 0 aromatic rings. The second-order valence-electron chi connectivity index (χ2n) is 4.95. The first kappa shape index (κ1) is 14.0. The van der Waals surface area contributed by atoms with E-state index in [9.17, 15) is 4.79 Å². The molecule has 0 aromatic heterocycles. The van der Waals surface area contributed by atoms with Crippen molar-refractivity contribution in [1.82, 2.24) is 0 Å². The molecule has 0 heterocycles. The van der Waals surface area contributed by atoms with E-state index in [0.717, 1.165) is 24.3 Å². The molecule has 1 aliphatic carbocycles. The van der Waals surface area contributed by atoms with Crippen LogP contribution < -0.4 is 0 Å². The molecule has 0 amide bonds. The summed E-state index contributed by atoms with van der Waals surface area (Å²) in [6.07, 6.45) is 8.40. The molecule has 0 radical (unpaired) electrons. The predicted octanol–water partition coefficient (Wildman–Crippen LogP) is 4.02. The average Bonchev–Trinajstić information content (AvgIpc) is 2.36. The van der Waals surface area contributed by atoms with Crippen LogP contribution in [0.3, 0.4) is 0 Å². The molecule has 0 bridgehead atoms. The Hall–Kier alpha value is -1.05. The molecule has 1 aliphatic rings. The topological polar surface area (TPSA) is 26.3 Å². The van der Waals surface area contributed by atoms with Crippen molar-refractivity contribution in [3.8, 4) is 0 Å². The van der Waals surface area contributed by atoms with Crippen LogP contribution in [0.25, 0.3) is 0 Å². The third kappa shape index (κ3) is 4.03. The molecule has 0 unspecified atom stereocenters. The lowest BCUT2D eigenvalue weighted by Gasteiger charge is -2.27. The maximum Gasteiger partial charge on any atom is 0.222 e. The minimum atomic E-state index is 0.0219. The molecule has 96 valence electrons. The first-order valence-electron chi connectivity index (χ1n) is 6.59. The number of carbonyl (C=O) groups excluding carboxylic acids is 1. The van der Waals surface area contributed by atoms with E-state index in [-0.39, 0.29) is 11.9 Å². The third-order valence-electron chi connectivity index (χ3n) is 3.53. The lowest BCUT2D eigenvalue weighted by molar-refractivity contribution is -0.116. The van der Waals surface area contributed by atoms with Gasteiger partial charge in [-0.15, -0.1) is 0 Å². The number of Topliss-reactive ketones (excluding diaryl/α,β-unsaturated/α-hetero) is 1. The summed E-state index contributed by atoms with van der Waals surface area (Å²) in [5, 5.41) is 0. The Morgan fingerprint density at radius 1 is 1.12 bits per heavy atom. The smallest absolute Gasteiger partial charge is 0.222 e. The van der Waals surface area contributed by atoms with Crippen molar-refractivity contribution in [3.63, 3.8) is 0 Å². The lowest BCUT2D eigenvalue weighted by atomic mass is 9.89. The van der Waals surface area contributed by atoms with Gasteiger partial charge in [-0.1, -0.05) is 13.0 Å². The largest absolute Gasteiger partial charge is 0.487 e. The Balaban J connectivity index is 2.56. The Morgan fingerprint density at radius 3 is 2.18 bits per heavy atom. The van der Waals surface area contributed by atoms with Crippen molar-refractivity contribution in [2.24, 2.45) is 5.92 Å². The molecular formula is C15H24O2. The Kier molecular flexibility index (Phi) is 5.46. The highest BCUT2D eigenvalue weighted by Gasteiger charge is 2.22. The first-order chi connectivity index (χ1) is 8.08. The van der Waals surface area contributed by atoms with Crippen LogP contribution in [0, 0.1) is 5.92 Å². The van der Waals surface area contributed by atoms with E-state index in [1.807, 2.05) is 26.8 Å². The quantitative estimate of drug-likeness (QED) is 0.544. The lowest BCUT2D eigenvalue weighted by Crippen LogP contribution is -2.22. The first-order valence-corrected chi connectivity index (χ1v) is 6.59. The van der Waals surface area contributed by atoms with Crippen LogP contribution in [0.5, 0.6) is 0 Å². The Morgan fingerprint density at radius 2 is 1.71 bits per heavy atom. The predicted molar refractivity (Wildman–Crippen MR) is 70.7 cm³/mol. The summed E-state index contributed by atoms with van der Waals surface area (Å²) in [7, 11) is 0. The van der Waals surface area contributed by atoms with Crippen LogP contribution in [0.4, 0.5) is 0 Å². The molecule has 0 aliphatic heterocycles. The fourth-order valence-corrected chi connectivity index (χ4v) is 2.10. The van der Waals surface area contributed by atoms with Gasteiger partial charge in [0.05, 0.1) is 6.10 Å². The van der Waals surface area contributed by atoms with E-state index in [1.54, 1.807) is 6.08 Å². The third-order valence-corrected chi connectivity index (χ3v) is 3.53. The number of hydrogen-bond acceptors (Lipinski definition) is 2. The highest BCUT2D eigenvalue weighted by molar-refractivity contribution is 6.06. The fraction of sp³-hybridized carbons (Fsp3) is 0.667. The van der Waals surface area contributed by atoms with Crippen LogP contribution >= 0.6 is 0 Å². The van der Waals surface area contributed by atoms with E-state index < -0.39 is 0 Å². The molecule has 2 heteroatoms. The number of allylic oxidation sites excluding steroid dienone is 3. The number of ether oxygens (including phenoxy) is 1. The molecule has 17 heavy (non-hydrogen) atoms. The van der Waals surface area contributed by atoms with Crippen molar-refractivity contribution in [3.05, 3.63) is 23.5 Å². The zero-order chi connectivity index (χ0) is 12.8. The van der Waals surface area contributed by atoms with E-state index >= 15 is 0 Å². The molecule has 1 rings (SSSR count). The van der Waals surface area contributed by atoms with Crippen LogP contribution in [-0.4, -0.2) is 11.9 Å². The summed E-state index contributed by atoms with van der Waals surface area (Å²) < 4.78 is 5.84. The van der Waals surface area contributed by atoms with Gasteiger partial charge in [0.15, 0.2) is 5.76 Å². The second kappa shape index (κ2) is 6.63. The van der Waals surface area contributed by atoms with Crippen LogP contribution in [0.2, 0.25) is 0 Å². The van der Waals surface area contributed by atoms with E-state index in [1.165, 1.54) is 12.8 Å². The van der Waals surface area contributed by atoms with Gasteiger partial charge in [0.1, 0.15) is 0 Å². The van der Waals surface area contributed by atoms with Crippen LogP contribution in [-0.2, 0) is 9.53 Å². The maximum absolute atomic E-state index is 12.0. The molecule has 2 nitrogen and oxygen atoms in total. The van der Waals surface area contributed by atoms with E-state index in [2.05, 4.69) is 6.92 Å². The highest BCUT2D eigenvalue weighted by atomic mass is 16.5. The molecular weight excluding hydrogens is 212 g/mol. The number of carbonyl (C=O) groups is 1. The van der Waals surface area contributed by atoms with Crippen molar-refractivity contribution in [1.29, 1.82) is 0 Å². The summed E-state index contributed by atoms with van der Waals surface area (Å²) in [5.41, 5.74) is 0.752. The normalized spacial score (nSPS) is 26.8. The highest BCUT2D eigenvalue weighted by Crippen LogP contribution is 2.27. The van der Waals surface area contributed by atoms with Gasteiger partial charge in [0.2, 0.25) is 5.78 Å². The molecule has 0 spiro atoms.